The Labute approximate surface area is 104 Å². The fourth-order valence-electron chi connectivity index (χ4n) is 1.79. The number of oxazole rings is 1. The topological polar surface area (TPSA) is 75.1 Å². The molecule has 1 aromatic carbocycles. The maximum absolute atomic E-state index is 11.6. The second kappa shape index (κ2) is 5.53. The summed E-state index contributed by atoms with van der Waals surface area (Å²) in [5.41, 5.74) is 1.75. The molecule has 5 heteroatoms. The van der Waals surface area contributed by atoms with Gasteiger partial charge < -0.3 is 9.73 Å². The minimum atomic E-state index is -0.489. The molecule has 0 bridgehead atoms. The van der Waals surface area contributed by atoms with Crippen LogP contribution in [-0.2, 0) is 4.79 Å². The van der Waals surface area contributed by atoms with Crippen LogP contribution >= 0.6 is 0 Å². The van der Waals surface area contributed by atoms with Gasteiger partial charge in [-0.25, -0.2) is 4.79 Å². The third-order valence-corrected chi connectivity index (χ3v) is 2.71. The van der Waals surface area contributed by atoms with Crippen LogP contribution in [0.3, 0.4) is 0 Å². The molecule has 0 saturated heterocycles. The first-order valence-electron chi connectivity index (χ1n) is 6.12. The zero-order valence-electron chi connectivity index (χ0n) is 10.3. The highest BCUT2D eigenvalue weighted by atomic mass is 16.4. The van der Waals surface area contributed by atoms with Gasteiger partial charge in [-0.2, -0.15) is 0 Å². The Morgan fingerprint density at radius 3 is 3.00 bits per heavy atom. The van der Waals surface area contributed by atoms with Crippen LogP contribution in [0.5, 0.6) is 0 Å². The molecule has 0 aliphatic rings. The average Bonchev–Trinajstić information content (AvgIpc) is 2.69. The van der Waals surface area contributed by atoms with Crippen LogP contribution in [0.25, 0.3) is 11.1 Å². The molecule has 0 fully saturated rings. The van der Waals surface area contributed by atoms with E-state index >= 15 is 0 Å². The zero-order chi connectivity index (χ0) is 13.0. The molecule has 1 aromatic heterocycles. The number of hydrogen-bond acceptors (Lipinski definition) is 3. The number of H-pyrrole nitrogens is 1. The van der Waals surface area contributed by atoms with Crippen molar-refractivity contribution in [2.45, 2.75) is 32.6 Å². The molecule has 2 N–H and O–H groups in total. The lowest BCUT2D eigenvalue weighted by molar-refractivity contribution is -0.116. The van der Waals surface area contributed by atoms with Gasteiger partial charge >= 0.3 is 5.76 Å². The molecule has 1 heterocycles. The second-order valence-electron chi connectivity index (χ2n) is 4.23. The highest BCUT2D eigenvalue weighted by Crippen LogP contribution is 2.16. The van der Waals surface area contributed by atoms with Gasteiger partial charge in [0.05, 0.1) is 5.52 Å². The van der Waals surface area contributed by atoms with Crippen molar-refractivity contribution >= 4 is 22.7 Å². The summed E-state index contributed by atoms with van der Waals surface area (Å²) < 4.78 is 4.88. The maximum Gasteiger partial charge on any atom is 0.417 e. The van der Waals surface area contributed by atoms with Crippen LogP contribution in [0.4, 0.5) is 5.69 Å². The fourth-order valence-corrected chi connectivity index (χ4v) is 1.79. The Morgan fingerprint density at radius 1 is 1.39 bits per heavy atom. The van der Waals surface area contributed by atoms with Crippen LogP contribution in [0.1, 0.15) is 32.6 Å². The summed E-state index contributed by atoms with van der Waals surface area (Å²) in [6.45, 7) is 2.10. The number of rotatable bonds is 5. The minimum absolute atomic E-state index is 0.00589. The van der Waals surface area contributed by atoms with E-state index in [4.69, 9.17) is 4.42 Å². The van der Waals surface area contributed by atoms with Crippen molar-refractivity contribution in [3.63, 3.8) is 0 Å². The molecule has 96 valence electrons. The van der Waals surface area contributed by atoms with E-state index in [9.17, 15) is 9.59 Å². The Kier molecular flexibility index (Phi) is 3.82. The van der Waals surface area contributed by atoms with Gasteiger partial charge in [0.15, 0.2) is 5.58 Å². The van der Waals surface area contributed by atoms with Crippen molar-refractivity contribution in [2.24, 2.45) is 0 Å². The van der Waals surface area contributed by atoms with E-state index in [2.05, 4.69) is 17.2 Å². The lowest BCUT2D eigenvalue weighted by atomic mass is 10.2. The molecule has 18 heavy (non-hydrogen) atoms. The van der Waals surface area contributed by atoms with Crippen LogP contribution < -0.4 is 11.1 Å². The molecule has 0 atom stereocenters. The molecule has 0 unspecified atom stereocenters. The van der Waals surface area contributed by atoms with Crippen molar-refractivity contribution in [1.29, 1.82) is 0 Å². The summed E-state index contributed by atoms with van der Waals surface area (Å²) in [7, 11) is 0. The van der Waals surface area contributed by atoms with Gasteiger partial charge in [-0.05, 0) is 24.6 Å². The van der Waals surface area contributed by atoms with Gasteiger partial charge in [0.2, 0.25) is 5.91 Å². The molecule has 2 aromatic rings. The molecule has 0 aliphatic heterocycles. The molecule has 1 amide bonds. The van der Waals surface area contributed by atoms with Crippen LogP contribution in [0, 0.1) is 0 Å². The van der Waals surface area contributed by atoms with Crippen LogP contribution in [0.2, 0.25) is 0 Å². The molecule has 5 nitrogen and oxygen atoms in total. The SMILES string of the molecule is CCCCCC(=O)Nc1ccc2oc(=O)[nH]c2c1. The van der Waals surface area contributed by atoms with E-state index in [-0.39, 0.29) is 5.91 Å². The number of amides is 1. The number of aromatic amines is 1. The second-order valence-corrected chi connectivity index (χ2v) is 4.23. The number of nitrogens with one attached hydrogen (secondary N) is 2. The lowest BCUT2D eigenvalue weighted by Gasteiger charge is -2.04. The van der Waals surface area contributed by atoms with E-state index < -0.39 is 5.76 Å². The smallest absolute Gasteiger partial charge is 0.408 e. The van der Waals surface area contributed by atoms with Crippen LogP contribution in [0.15, 0.2) is 27.4 Å². The zero-order valence-corrected chi connectivity index (χ0v) is 10.3. The fraction of sp³-hybridized carbons (Fsp3) is 0.385. The molecule has 2 rings (SSSR count). The van der Waals surface area contributed by atoms with Gasteiger partial charge in [0.1, 0.15) is 0 Å². The van der Waals surface area contributed by atoms with E-state index in [1.165, 1.54) is 0 Å². The number of anilines is 1. The number of benzene rings is 1. The number of carbonyl (C=O) groups is 1. The highest BCUT2D eigenvalue weighted by Gasteiger charge is 2.05. The Bertz CT molecular complexity index is 598. The Morgan fingerprint density at radius 2 is 2.22 bits per heavy atom. The van der Waals surface area contributed by atoms with Gasteiger partial charge in [-0.3, -0.25) is 9.78 Å². The number of carbonyl (C=O) groups excluding carboxylic acids is 1. The van der Waals surface area contributed by atoms with Crippen molar-refractivity contribution in [3.05, 3.63) is 28.7 Å². The molecular weight excluding hydrogens is 232 g/mol. The summed E-state index contributed by atoms with van der Waals surface area (Å²) in [4.78, 5) is 25.2. The maximum atomic E-state index is 11.6. The third-order valence-electron chi connectivity index (χ3n) is 2.71. The van der Waals surface area contributed by atoms with E-state index in [1.54, 1.807) is 18.2 Å². The lowest BCUT2D eigenvalue weighted by Crippen LogP contribution is -2.10. The molecule has 0 spiro atoms. The molecule has 0 aliphatic carbocycles. The summed E-state index contributed by atoms with van der Waals surface area (Å²) >= 11 is 0. The highest BCUT2D eigenvalue weighted by molar-refractivity contribution is 5.92. The van der Waals surface area contributed by atoms with Gasteiger partial charge in [-0.1, -0.05) is 19.8 Å². The Balaban J connectivity index is 2.02. The van der Waals surface area contributed by atoms with E-state index in [1.807, 2.05) is 0 Å². The predicted octanol–water partition coefficient (Wildman–Crippen LogP) is 2.64. The van der Waals surface area contributed by atoms with Crippen LogP contribution in [-0.4, -0.2) is 10.9 Å². The monoisotopic (exact) mass is 248 g/mol. The minimum Gasteiger partial charge on any atom is -0.408 e. The third kappa shape index (κ3) is 3.00. The van der Waals surface area contributed by atoms with Crippen molar-refractivity contribution in [2.75, 3.05) is 5.32 Å². The summed E-state index contributed by atoms with van der Waals surface area (Å²) in [5.74, 6) is -0.495. The molecule has 0 radical (unpaired) electrons. The predicted molar refractivity (Wildman–Crippen MR) is 69.6 cm³/mol. The van der Waals surface area contributed by atoms with Crippen molar-refractivity contribution in [3.8, 4) is 0 Å². The largest absolute Gasteiger partial charge is 0.417 e. The van der Waals surface area contributed by atoms with Crippen molar-refractivity contribution < 1.29 is 9.21 Å². The molecule has 0 saturated carbocycles. The number of unbranched alkanes of at least 4 members (excludes halogenated alkanes) is 2. The number of hydrogen-bond donors (Lipinski definition) is 2. The number of fused-ring (bicyclic) bond motifs is 1. The normalized spacial score (nSPS) is 10.7. The van der Waals surface area contributed by atoms with Gasteiger partial charge in [0.25, 0.3) is 0 Å². The van der Waals surface area contributed by atoms with Gasteiger partial charge in [0, 0.05) is 12.1 Å². The average molecular weight is 248 g/mol. The van der Waals surface area contributed by atoms with Crippen molar-refractivity contribution in [1.82, 2.24) is 4.98 Å². The summed E-state index contributed by atoms with van der Waals surface area (Å²) in [5, 5.41) is 2.80. The summed E-state index contributed by atoms with van der Waals surface area (Å²) in [6.07, 6.45) is 3.57. The van der Waals surface area contributed by atoms with Gasteiger partial charge in [-0.15, -0.1) is 0 Å². The summed E-state index contributed by atoms with van der Waals surface area (Å²) in [6, 6.07) is 5.07. The first-order valence-corrected chi connectivity index (χ1v) is 6.12. The van der Waals surface area contributed by atoms with E-state index in [0.717, 1.165) is 19.3 Å². The number of aromatic nitrogens is 1. The quantitative estimate of drug-likeness (QED) is 0.799. The van der Waals surface area contributed by atoms with E-state index in [0.29, 0.717) is 23.2 Å². The first kappa shape index (κ1) is 12.4. The standard InChI is InChI=1S/C13H16N2O3/c1-2-3-4-5-12(16)14-9-6-7-11-10(8-9)15-13(17)18-11/h6-8H,2-5H2,1H3,(H,14,16)(H,15,17). The first-order chi connectivity index (χ1) is 8.69. The molecular formula is C13H16N2O3. The Hall–Kier alpha value is -2.04.